The maximum atomic E-state index is 4.34. The summed E-state index contributed by atoms with van der Waals surface area (Å²) in [6.45, 7) is 16.1. The van der Waals surface area contributed by atoms with Gasteiger partial charge in [-0.05, 0) is 72.2 Å². The molecule has 0 amide bonds. The van der Waals surface area contributed by atoms with Crippen LogP contribution in [0.4, 0.5) is 0 Å². The van der Waals surface area contributed by atoms with Crippen molar-refractivity contribution in [3.8, 4) is 0 Å². The van der Waals surface area contributed by atoms with E-state index in [2.05, 4.69) is 104 Å². The molecule has 1 spiro atoms. The molecule has 2 nitrogen and oxygen atoms in total. The van der Waals surface area contributed by atoms with Gasteiger partial charge in [0.1, 0.15) is 0 Å². The highest BCUT2D eigenvalue weighted by molar-refractivity contribution is 7.99. The van der Waals surface area contributed by atoms with E-state index in [0.717, 1.165) is 5.57 Å². The van der Waals surface area contributed by atoms with E-state index in [0.29, 0.717) is 5.84 Å². The third kappa shape index (κ3) is 3.44. The van der Waals surface area contributed by atoms with Gasteiger partial charge < -0.3 is 0 Å². The van der Waals surface area contributed by atoms with Crippen LogP contribution in [0.1, 0.15) is 25.0 Å². The number of hydrogen-bond acceptors (Lipinski definition) is 2. The van der Waals surface area contributed by atoms with Crippen LogP contribution >= 0.6 is 11.8 Å². The van der Waals surface area contributed by atoms with Crippen molar-refractivity contribution in [3.05, 3.63) is 131 Å². The summed E-state index contributed by atoms with van der Waals surface area (Å²) in [6, 6.07) is 17.4. The molecule has 0 radical (unpaired) electrons. The first-order valence-electron chi connectivity index (χ1n) is 10.9. The van der Waals surface area contributed by atoms with Gasteiger partial charge in [0.05, 0.1) is 5.41 Å². The summed E-state index contributed by atoms with van der Waals surface area (Å²) in [5.74, 6) is 0.583. The SMILES string of the molecule is C=C/C=C\C1=C(C)C(C)=C(/C=C(\C=C)C(N=C)=NC)C12c1ccccc1Sc1ccccc12. The van der Waals surface area contributed by atoms with Gasteiger partial charge in [0.15, 0.2) is 5.84 Å². The first kappa shape index (κ1) is 22.8. The van der Waals surface area contributed by atoms with Crippen molar-refractivity contribution in [2.45, 2.75) is 29.1 Å². The lowest BCUT2D eigenvalue weighted by atomic mass is 9.65. The Morgan fingerprint density at radius 3 is 2.00 bits per heavy atom. The first-order valence-corrected chi connectivity index (χ1v) is 11.7. The minimum absolute atomic E-state index is 0.458. The maximum Gasteiger partial charge on any atom is 0.153 e. The second-order valence-corrected chi connectivity index (χ2v) is 9.11. The highest BCUT2D eigenvalue weighted by atomic mass is 32.2. The normalized spacial score (nSPS) is 17.4. The van der Waals surface area contributed by atoms with Crippen LogP contribution in [0.3, 0.4) is 0 Å². The van der Waals surface area contributed by atoms with Gasteiger partial charge in [-0.25, -0.2) is 4.99 Å². The average molecular weight is 449 g/mol. The van der Waals surface area contributed by atoms with Crippen molar-refractivity contribution in [2.24, 2.45) is 9.98 Å². The van der Waals surface area contributed by atoms with Gasteiger partial charge >= 0.3 is 0 Å². The van der Waals surface area contributed by atoms with E-state index in [1.54, 1.807) is 7.05 Å². The van der Waals surface area contributed by atoms with Gasteiger partial charge in [0.2, 0.25) is 0 Å². The number of allylic oxidation sites excluding steroid dienone is 8. The molecule has 0 aromatic heterocycles. The molecular formula is C30H28N2S. The third-order valence-corrected chi connectivity index (χ3v) is 7.67. The summed E-state index contributed by atoms with van der Waals surface area (Å²) < 4.78 is 0. The van der Waals surface area contributed by atoms with Crippen molar-refractivity contribution in [2.75, 3.05) is 7.05 Å². The van der Waals surface area contributed by atoms with Crippen molar-refractivity contribution >= 4 is 24.3 Å². The molecular weight excluding hydrogens is 420 g/mol. The highest BCUT2D eigenvalue weighted by Gasteiger charge is 2.50. The Morgan fingerprint density at radius 2 is 1.48 bits per heavy atom. The molecule has 1 heterocycles. The molecule has 1 aliphatic heterocycles. The molecule has 1 aliphatic carbocycles. The lowest BCUT2D eigenvalue weighted by Gasteiger charge is -2.41. The van der Waals surface area contributed by atoms with Crippen LogP contribution in [0, 0.1) is 0 Å². The zero-order valence-electron chi connectivity index (χ0n) is 19.4. The lowest BCUT2D eigenvalue weighted by molar-refractivity contribution is 0.709. The summed E-state index contributed by atoms with van der Waals surface area (Å²) in [5, 5.41) is 0. The summed E-state index contributed by atoms with van der Waals surface area (Å²) in [7, 11) is 1.73. The van der Waals surface area contributed by atoms with Crippen molar-refractivity contribution in [1.29, 1.82) is 0 Å². The Labute approximate surface area is 201 Å². The Hall–Kier alpha value is -3.43. The largest absolute Gasteiger partial charge is 0.270 e. The topological polar surface area (TPSA) is 24.7 Å². The van der Waals surface area contributed by atoms with E-state index >= 15 is 0 Å². The number of rotatable bonds is 5. The molecule has 0 atom stereocenters. The fourth-order valence-corrected chi connectivity index (χ4v) is 6.17. The number of hydrogen-bond donors (Lipinski definition) is 0. The minimum Gasteiger partial charge on any atom is -0.270 e. The molecule has 2 aromatic carbocycles. The minimum atomic E-state index is -0.458. The smallest absolute Gasteiger partial charge is 0.153 e. The monoisotopic (exact) mass is 448 g/mol. The van der Waals surface area contributed by atoms with E-state index in [1.165, 1.54) is 43.2 Å². The van der Waals surface area contributed by atoms with Gasteiger partial charge in [-0.1, -0.05) is 85.6 Å². The van der Waals surface area contributed by atoms with Gasteiger partial charge in [0, 0.05) is 22.4 Å². The molecule has 4 rings (SSSR count). The van der Waals surface area contributed by atoms with Crippen LogP contribution < -0.4 is 0 Å². The highest BCUT2D eigenvalue weighted by Crippen LogP contribution is 2.61. The zero-order valence-corrected chi connectivity index (χ0v) is 20.2. The molecule has 2 aliphatic rings. The molecule has 0 unspecified atom stereocenters. The lowest BCUT2D eigenvalue weighted by Crippen LogP contribution is -2.33. The van der Waals surface area contributed by atoms with Crippen LogP contribution in [0.15, 0.2) is 140 Å². The second kappa shape index (κ2) is 9.21. The fraction of sp³-hybridized carbons (Fsp3) is 0.133. The van der Waals surface area contributed by atoms with Crippen LogP contribution in [-0.2, 0) is 5.41 Å². The molecule has 3 heteroatoms. The Balaban J connectivity index is 2.17. The van der Waals surface area contributed by atoms with Gasteiger partial charge in [-0.2, -0.15) is 0 Å². The fourth-order valence-electron chi connectivity index (χ4n) is 4.98. The Morgan fingerprint density at radius 1 is 0.909 bits per heavy atom. The molecule has 164 valence electrons. The second-order valence-electron chi connectivity index (χ2n) is 8.03. The van der Waals surface area contributed by atoms with E-state index in [1.807, 2.05) is 30.0 Å². The van der Waals surface area contributed by atoms with Crippen molar-refractivity contribution < 1.29 is 0 Å². The number of amidine groups is 1. The molecule has 0 bridgehead atoms. The van der Waals surface area contributed by atoms with Gasteiger partial charge in [0.25, 0.3) is 0 Å². The Kier molecular flexibility index (Phi) is 6.35. The predicted molar refractivity (Wildman–Crippen MR) is 144 cm³/mol. The Bertz CT molecular complexity index is 1270. The maximum absolute atomic E-state index is 4.34. The molecule has 0 fully saturated rings. The summed E-state index contributed by atoms with van der Waals surface area (Å²) in [5.41, 5.74) is 7.95. The van der Waals surface area contributed by atoms with Crippen LogP contribution in [0.25, 0.3) is 0 Å². The van der Waals surface area contributed by atoms with Crippen LogP contribution in [0.5, 0.6) is 0 Å². The zero-order chi connectivity index (χ0) is 23.6. The number of nitrogens with zero attached hydrogens (tertiary/aromatic N) is 2. The summed E-state index contributed by atoms with van der Waals surface area (Å²) in [4.78, 5) is 11.0. The predicted octanol–water partition coefficient (Wildman–Crippen LogP) is 7.67. The standard InChI is InChI=1S/C30H28N2S/c1-7-9-14-23-20(3)21(4)26(19-22(8-2)29(31-5)32-6)30(23)24-15-10-12-17-27(24)33-28-18-13-11-16-25(28)30/h7-19H,1-2,5H2,3-4,6H3/b14-9-,22-19+,32-29?. The van der Waals surface area contributed by atoms with E-state index in [9.17, 15) is 0 Å². The molecule has 0 saturated carbocycles. The molecule has 0 N–H and O–H groups in total. The van der Waals surface area contributed by atoms with E-state index in [-0.39, 0.29) is 0 Å². The van der Waals surface area contributed by atoms with Crippen molar-refractivity contribution in [3.63, 3.8) is 0 Å². The summed E-state index contributed by atoms with van der Waals surface area (Å²) >= 11 is 1.83. The molecule has 33 heavy (non-hydrogen) atoms. The first-order chi connectivity index (χ1) is 16.0. The van der Waals surface area contributed by atoms with E-state index in [4.69, 9.17) is 0 Å². The van der Waals surface area contributed by atoms with Gasteiger partial charge in [-0.3, -0.25) is 4.99 Å². The van der Waals surface area contributed by atoms with Crippen LogP contribution in [0.2, 0.25) is 0 Å². The quantitative estimate of drug-likeness (QED) is 0.262. The number of fused-ring (bicyclic) bond motifs is 4. The average Bonchev–Trinajstić information content (AvgIpc) is 3.04. The van der Waals surface area contributed by atoms with E-state index < -0.39 is 5.41 Å². The molecule has 0 saturated heterocycles. The van der Waals surface area contributed by atoms with Gasteiger partial charge in [-0.15, -0.1) is 0 Å². The third-order valence-electron chi connectivity index (χ3n) is 6.52. The molecule has 2 aromatic rings. The number of aliphatic imine (C=N–C) groups is 2. The summed E-state index contributed by atoms with van der Waals surface area (Å²) in [6.07, 6.45) is 10.1. The van der Waals surface area contributed by atoms with Crippen LogP contribution in [-0.4, -0.2) is 19.6 Å². The van der Waals surface area contributed by atoms with Crippen molar-refractivity contribution in [1.82, 2.24) is 0 Å². The number of benzene rings is 2.